The van der Waals surface area contributed by atoms with Crippen LogP contribution in [0.3, 0.4) is 0 Å². The number of hydrogen-bond acceptors (Lipinski definition) is 1. The van der Waals surface area contributed by atoms with E-state index in [0.29, 0.717) is 5.56 Å². The van der Waals surface area contributed by atoms with E-state index in [2.05, 4.69) is 301 Å². The molecule has 0 spiro atoms. The molecule has 13 aromatic rings. The first-order chi connectivity index (χ1) is 39.8. The fourth-order valence-corrected chi connectivity index (χ4v) is 15.0. The summed E-state index contributed by atoms with van der Waals surface area (Å²) in [7, 11) is 0. The van der Waals surface area contributed by atoms with Gasteiger partial charge in [0.2, 0.25) is 6.71 Å². The molecule has 0 N–H and O–H groups in total. The number of rotatable bonds is 9. The second-order valence-electron chi connectivity index (χ2n) is 24.4. The third-order valence-electron chi connectivity index (χ3n) is 18.2. The van der Waals surface area contributed by atoms with Gasteiger partial charge in [0, 0.05) is 21.5 Å². The third kappa shape index (κ3) is 8.01. The lowest BCUT2D eigenvalue weighted by Crippen LogP contribution is -2.59. The molecule has 0 saturated heterocycles. The van der Waals surface area contributed by atoms with Crippen LogP contribution in [-0.2, 0) is 10.8 Å². The number of nitriles is 1. The van der Waals surface area contributed by atoms with Crippen molar-refractivity contribution in [1.82, 2.24) is 9.13 Å². The van der Waals surface area contributed by atoms with Crippen LogP contribution in [0.25, 0.3) is 99.5 Å². The molecule has 14 rings (SSSR count). The van der Waals surface area contributed by atoms with Crippen molar-refractivity contribution in [2.45, 2.75) is 72.6 Å². The molecule has 0 aliphatic heterocycles. The molecule has 0 atom stereocenters. The standard InChI is InChI=1S/C78H64BN3/c1-49-23-21-24-50(2)72(49)79(73-51(3)25-22-26-52(73)4)74-65(47-80)75(81-66-39-35-57(53-27-13-9-14-28-53)43-61(66)62-44-58(36-40-67(62)81)54-29-15-10-16-30-54)76(71-70(74)77(5,6)48-78(71,7)8)82-68-41-37-59(55-31-17-11-18-32-55)45-63(68)64-46-60(38-42-69(64)82)56-33-19-12-20-34-56/h9-46H,48H2,1-8H3. The number of aromatic nitrogens is 2. The van der Waals surface area contributed by atoms with Crippen molar-refractivity contribution >= 4 is 66.7 Å². The van der Waals surface area contributed by atoms with Crippen LogP contribution >= 0.6 is 0 Å². The monoisotopic (exact) mass is 1050 g/mol. The van der Waals surface area contributed by atoms with Gasteiger partial charge in [-0.25, -0.2) is 0 Å². The predicted octanol–water partition coefficient (Wildman–Crippen LogP) is 18.1. The van der Waals surface area contributed by atoms with Gasteiger partial charge in [0.1, 0.15) is 6.07 Å². The van der Waals surface area contributed by atoms with Gasteiger partial charge in [-0.05, 0) is 155 Å². The highest BCUT2D eigenvalue weighted by molar-refractivity contribution is 6.97. The smallest absolute Gasteiger partial charge is 0.244 e. The lowest BCUT2D eigenvalue weighted by atomic mass is 9.32. The molecule has 1 aliphatic rings. The molecule has 394 valence electrons. The summed E-state index contributed by atoms with van der Waals surface area (Å²) >= 11 is 0. The molecule has 2 aromatic heterocycles. The zero-order valence-corrected chi connectivity index (χ0v) is 48.1. The Hall–Kier alpha value is -9.43. The van der Waals surface area contributed by atoms with Crippen LogP contribution in [0, 0.1) is 39.0 Å². The first-order valence-corrected chi connectivity index (χ1v) is 29.0. The van der Waals surface area contributed by atoms with Crippen molar-refractivity contribution in [2.24, 2.45) is 0 Å². The molecule has 0 radical (unpaired) electrons. The van der Waals surface area contributed by atoms with Crippen molar-refractivity contribution in [3.05, 3.63) is 269 Å². The van der Waals surface area contributed by atoms with Crippen LogP contribution in [0.2, 0.25) is 0 Å². The van der Waals surface area contributed by atoms with Gasteiger partial charge in [0.15, 0.2) is 0 Å². The van der Waals surface area contributed by atoms with E-state index in [-0.39, 0.29) is 17.5 Å². The Kier molecular flexibility index (Phi) is 12.0. The van der Waals surface area contributed by atoms with Gasteiger partial charge >= 0.3 is 0 Å². The molecule has 3 nitrogen and oxygen atoms in total. The van der Waals surface area contributed by atoms with Crippen molar-refractivity contribution in [3.8, 4) is 62.0 Å². The van der Waals surface area contributed by atoms with E-state index in [9.17, 15) is 5.26 Å². The van der Waals surface area contributed by atoms with Crippen LogP contribution in [0.5, 0.6) is 0 Å². The van der Waals surface area contributed by atoms with E-state index in [1.54, 1.807) is 0 Å². The summed E-state index contributed by atoms with van der Waals surface area (Å²) in [5, 5.41) is 17.6. The van der Waals surface area contributed by atoms with E-state index in [4.69, 9.17) is 0 Å². The molecular formula is C78H64BN3. The maximum Gasteiger partial charge on any atom is 0.244 e. The number of hydrogen-bond donors (Lipinski definition) is 0. The minimum absolute atomic E-state index is 0.269. The van der Waals surface area contributed by atoms with Crippen LogP contribution in [0.1, 0.15) is 73.1 Å². The predicted molar refractivity (Wildman–Crippen MR) is 349 cm³/mol. The van der Waals surface area contributed by atoms with Gasteiger partial charge in [-0.1, -0.05) is 243 Å². The van der Waals surface area contributed by atoms with Gasteiger partial charge in [0.25, 0.3) is 0 Å². The highest BCUT2D eigenvalue weighted by atomic mass is 15.1. The summed E-state index contributed by atoms with van der Waals surface area (Å²) in [6.07, 6.45) is 0.886. The Bertz CT molecular complexity index is 4460. The van der Waals surface area contributed by atoms with Crippen LogP contribution in [0.4, 0.5) is 0 Å². The minimum atomic E-state index is -0.367. The lowest BCUT2D eigenvalue weighted by Gasteiger charge is -2.34. The Morgan fingerprint density at radius 3 is 0.963 bits per heavy atom. The fourth-order valence-electron chi connectivity index (χ4n) is 15.0. The van der Waals surface area contributed by atoms with Crippen molar-refractivity contribution in [1.29, 1.82) is 5.26 Å². The third-order valence-corrected chi connectivity index (χ3v) is 18.2. The second-order valence-corrected chi connectivity index (χ2v) is 24.4. The first-order valence-electron chi connectivity index (χ1n) is 29.0. The molecule has 4 heteroatoms. The Morgan fingerprint density at radius 2 is 0.646 bits per heavy atom. The molecule has 82 heavy (non-hydrogen) atoms. The van der Waals surface area contributed by atoms with Gasteiger partial charge in [-0.3, -0.25) is 0 Å². The molecule has 0 bridgehead atoms. The fraction of sp³-hybridized carbons (Fsp3) is 0.141. The molecule has 11 aromatic carbocycles. The Balaban J connectivity index is 1.23. The Morgan fingerprint density at radius 1 is 0.341 bits per heavy atom. The van der Waals surface area contributed by atoms with E-state index >= 15 is 0 Å². The first kappa shape index (κ1) is 50.8. The maximum absolute atomic E-state index is 13.0. The van der Waals surface area contributed by atoms with Gasteiger partial charge in [0.05, 0.1) is 39.0 Å². The van der Waals surface area contributed by atoms with E-state index in [1.807, 2.05) is 0 Å². The quantitative estimate of drug-likeness (QED) is 0.133. The molecule has 0 unspecified atom stereocenters. The Labute approximate surface area is 482 Å². The van der Waals surface area contributed by atoms with E-state index in [0.717, 1.165) is 100 Å². The van der Waals surface area contributed by atoms with Crippen molar-refractivity contribution in [2.75, 3.05) is 0 Å². The minimum Gasteiger partial charge on any atom is -0.307 e. The number of fused-ring (bicyclic) bond motifs is 7. The molecule has 1 aliphatic carbocycles. The van der Waals surface area contributed by atoms with Crippen LogP contribution < -0.4 is 16.4 Å². The summed E-state index contributed by atoms with van der Waals surface area (Å²) in [4.78, 5) is 0. The van der Waals surface area contributed by atoms with Crippen molar-refractivity contribution < 1.29 is 0 Å². The van der Waals surface area contributed by atoms with Gasteiger partial charge in [-0.15, -0.1) is 0 Å². The molecule has 0 amide bonds. The summed E-state index contributed by atoms with van der Waals surface area (Å²) < 4.78 is 5.09. The zero-order valence-electron chi connectivity index (χ0n) is 48.1. The van der Waals surface area contributed by atoms with Crippen LogP contribution in [-0.4, -0.2) is 15.8 Å². The average molecular weight is 1050 g/mol. The maximum atomic E-state index is 13.0. The topological polar surface area (TPSA) is 33.6 Å². The van der Waals surface area contributed by atoms with Crippen LogP contribution in [0.15, 0.2) is 231 Å². The SMILES string of the molecule is Cc1cccc(C)c1B(c1c(C)cccc1C)c1c(C#N)c(-n2c3ccc(-c4ccccc4)cc3c3cc(-c4ccccc4)ccc32)c(-n2c3ccc(-c4ccccc4)cc3c3cc(-c4ccccc4)ccc32)c2c1C(C)(C)CC2(C)C. The largest absolute Gasteiger partial charge is 0.307 e. The van der Waals surface area contributed by atoms with Crippen molar-refractivity contribution in [3.63, 3.8) is 0 Å². The van der Waals surface area contributed by atoms with E-state index in [1.165, 1.54) is 55.4 Å². The summed E-state index contributed by atoms with van der Waals surface area (Å²) in [5.74, 6) is 0. The number of aryl methyl sites for hydroxylation is 4. The lowest BCUT2D eigenvalue weighted by molar-refractivity contribution is 0.403. The molecular weight excluding hydrogens is 990 g/mol. The second kappa shape index (κ2) is 19.4. The van der Waals surface area contributed by atoms with Gasteiger partial charge in [-0.2, -0.15) is 5.26 Å². The highest BCUT2D eigenvalue weighted by Gasteiger charge is 2.50. The van der Waals surface area contributed by atoms with E-state index < -0.39 is 0 Å². The summed E-state index contributed by atoms with van der Waals surface area (Å²) in [6.45, 7) is 18.6. The number of nitrogens with zero attached hydrogens (tertiary/aromatic N) is 3. The number of benzene rings is 11. The zero-order chi connectivity index (χ0) is 56.2. The molecule has 2 heterocycles. The van der Waals surface area contributed by atoms with Gasteiger partial charge < -0.3 is 9.13 Å². The average Bonchev–Trinajstić information content (AvgIpc) is 2.22. The normalized spacial score (nSPS) is 13.5. The summed E-state index contributed by atoms with van der Waals surface area (Å²) in [5.41, 5.74) is 26.6. The molecule has 0 fully saturated rings. The highest BCUT2D eigenvalue weighted by Crippen LogP contribution is 2.55. The summed E-state index contributed by atoms with van der Waals surface area (Å²) in [6, 6.07) is 87.7. The molecule has 0 saturated carbocycles.